The summed E-state index contributed by atoms with van der Waals surface area (Å²) in [6.45, 7) is 9.23. The Morgan fingerprint density at radius 3 is 2.26 bits per heavy atom. The minimum absolute atomic E-state index is 0.272. The van der Waals surface area contributed by atoms with Crippen molar-refractivity contribution in [3.8, 4) is 23.0 Å². The Morgan fingerprint density at radius 2 is 1.71 bits per heavy atom. The fourth-order valence-electron chi connectivity index (χ4n) is 3.61. The zero-order chi connectivity index (χ0) is 24.8. The molecule has 0 radical (unpaired) electrons. The molecule has 0 spiro atoms. The Labute approximate surface area is 204 Å². The normalized spacial score (nSPS) is 18.6. The Hall–Kier alpha value is -2.93. The number of hydrogen-bond acceptors (Lipinski definition) is 6. The maximum atomic E-state index is 10.1. The van der Waals surface area contributed by atoms with Crippen LogP contribution < -0.4 is 19.5 Å². The monoisotopic (exact) mass is 472 g/mol. The molecule has 2 aromatic carbocycles. The Kier molecular flexibility index (Phi) is 12.1. The number of carbonyl (C=O) groups is 1. The lowest BCUT2D eigenvalue weighted by Gasteiger charge is -2.18. The first-order valence-corrected chi connectivity index (χ1v) is 12.1. The van der Waals surface area contributed by atoms with Crippen molar-refractivity contribution in [2.24, 2.45) is 0 Å². The van der Waals surface area contributed by atoms with Crippen molar-refractivity contribution < 1.29 is 24.1 Å². The number of nitrogens with zero attached hydrogens (tertiary/aromatic N) is 1. The molecule has 7 heteroatoms. The highest BCUT2D eigenvalue weighted by Crippen LogP contribution is 2.30. The molecule has 2 unspecified atom stereocenters. The van der Waals surface area contributed by atoms with Crippen LogP contribution in [0.1, 0.15) is 45.6 Å². The molecule has 4 rings (SSSR count). The second-order valence-electron chi connectivity index (χ2n) is 8.58. The summed E-state index contributed by atoms with van der Waals surface area (Å²) in [4.78, 5) is 12.5. The Bertz CT molecular complexity index is 833. The number of benzene rings is 2. The first kappa shape index (κ1) is 27.3. The third kappa shape index (κ3) is 9.51. The van der Waals surface area contributed by atoms with Crippen molar-refractivity contribution in [2.45, 2.75) is 58.5 Å². The van der Waals surface area contributed by atoms with Crippen LogP contribution in [0.3, 0.4) is 0 Å². The van der Waals surface area contributed by atoms with Gasteiger partial charge in [-0.25, -0.2) is 0 Å². The lowest BCUT2D eigenvalue weighted by Crippen LogP contribution is -2.27. The van der Waals surface area contributed by atoms with Crippen LogP contribution in [-0.2, 0) is 11.2 Å². The molecule has 2 aliphatic heterocycles. The number of phenolic OH excluding ortho intramolecular Hbond substituents is 1. The Morgan fingerprint density at radius 1 is 1.06 bits per heavy atom. The number of rotatable bonds is 7. The minimum atomic E-state index is 0.272. The van der Waals surface area contributed by atoms with E-state index in [9.17, 15) is 4.79 Å². The van der Waals surface area contributed by atoms with Gasteiger partial charge in [-0.05, 0) is 88.5 Å². The van der Waals surface area contributed by atoms with Gasteiger partial charge in [-0.1, -0.05) is 13.0 Å². The molecule has 34 heavy (non-hydrogen) atoms. The van der Waals surface area contributed by atoms with E-state index in [0.717, 1.165) is 54.3 Å². The van der Waals surface area contributed by atoms with E-state index in [1.165, 1.54) is 12.8 Å². The second kappa shape index (κ2) is 15.1. The molecule has 1 amide bonds. The zero-order valence-corrected chi connectivity index (χ0v) is 21.0. The topological polar surface area (TPSA) is 80.3 Å². The molecule has 1 saturated heterocycles. The standard InChI is InChI=1S/C11H13NO3.C9H12O2.C7H15N/c13-8-12-4-3-9-1-2-10-11(7-9)15-6-5-14-10;1-2-7-11-9-5-3-8(10)4-6-9;1-6-4-5-7(2)8(6)3/h1-2,7-8H,3-6H2,(H,12,13);3-6,10H,2,7H2,1H3;6-7H,4-5H2,1-3H3. The minimum Gasteiger partial charge on any atom is -0.508 e. The van der Waals surface area contributed by atoms with Crippen molar-refractivity contribution in [3.05, 3.63) is 48.0 Å². The number of aromatic hydroxyl groups is 1. The number of ether oxygens (including phenoxy) is 3. The van der Waals surface area contributed by atoms with E-state index in [1.807, 2.05) is 18.2 Å². The SMILES string of the molecule is CC1CCC(C)N1C.CCCOc1ccc(O)cc1.O=CNCCc1ccc2c(c1)OCCO2. The summed E-state index contributed by atoms with van der Waals surface area (Å²) >= 11 is 0. The van der Waals surface area contributed by atoms with Gasteiger partial charge in [0.1, 0.15) is 24.7 Å². The smallest absolute Gasteiger partial charge is 0.207 e. The van der Waals surface area contributed by atoms with E-state index in [1.54, 1.807) is 24.3 Å². The lowest BCUT2D eigenvalue weighted by molar-refractivity contribution is -0.109. The van der Waals surface area contributed by atoms with Crippen LogP contribution in [0.15, 0.2) is 42.5 Å². The van der Waals surface area contributed by atoms with Crippen LogP contribution in [0.4, 0.5) is 0 Å². The molecule has 2 atom stereocenters. The van der Waals surface area contributed by atoms with Crippen molar-refractivity contribution in [1.82, 2.24) is 10.2 Å². The summed E-state index contributed by atoms with van der Waals surface area (Å²) in [5, 5.41) is 11.6. The third-order valence-electron chi connectivity index (χ3n) is 5.95. The van der Waals surface area contributed by atoms with Crippen LogP contribution in [0.2, 0.25) is 0 Å². The number of amides is 1. The number of nitrogens with one attached hydrogen (secondary N) is 1. The van der Waals surface area contributed by atoms with Gasteiger partial charge in [-0.2, -0.15) is 0 Å². The summed E-state index contributed by atoms with van der Waals surface area (Å²) in [5.74, 6) is 2.68. The molecule has 2 heterocycles. The number of likely N-dealkylation sites (tertiary alicyclic amines) is 1. The predicted molar refractivity (Wildman–Crippen MR) is 135 cm³/mol. The quantitative estimate of drug-likeness (QED) is 0.459. The summed E-state index contributed by atoms with van der Waals surface area (Å²) in [7, 11) is 2.21. The van der Waals surface area contributed by atoms with Gasteiger partial charge in [0.2, 0.25) is 6.41 Å². The zero-order valence-electron chi connectivity index (χ0n) is 21.0. The predicted octanol–water partition coefficient (Wildman–Crippen LogP) is 4.42. The lowest BCUT2D eigenvalue weighted by atomic mass is 10.1. The van der Waals surface area contributed by atoms with Gasteiger partial charge in [0, 0.05) is 18.6 Å². The summed E-state index contributed by atoms with van der Waals surface area (Å²) < 4.78 is 16.2. The third-order valence-corrected chi connectivity index (χ3v) is 5.95. The first-order chi connectivity index (χ1) is 16.4. The van der Waals surface area contributed by atoms with Gasteiger partial charge in [-0.15, -0.1) is 0 Å². The first-order valence-electron chi connectivity index (χ1n) is 12.1. The van der Waals surface area contributed by atoms with Gasteiger partial charge in [0.25, 0.3) is 0 Å². The fourth-order valence-corrected chi connectivity index (χ4v) is 3.61. The van der Waals surface area contributed by atoms with Crippen LogP contribution in [-0.4, -0.2) is 61.9 Å². The summed E-state index contributed by atoms with van der Waals surface area (Å²) in [6.07, 6.45) is 5.28. The molecular formula is C27H40N2O5. The summed E-state index contributed by atoms with van der Waals surface area (Å²) in [6, 6.07) is 14.2. The number of carbonyl (C=O) groups excluding carboxylic acids is 1. The highest BCUT2D eigenvalue weighted by Gasteiger charge is 2.22. The average Bonchev–Trinajstić information content (AvgIpc) is 3.15. The van der Waals surface area contributed by atoms with Crippen LogP contribution in [0.25, 0.3) is 0 Å². The highest BCUT2D eigenvalue weighted by atomic mass is 16.6. The van der Waals surface area contributed by atoms with E-state index in [4.69, 9.17) is 19.3 Å². The van der Waals surface area contributed by atoms with Crippen molar-refractivity contribution >= 4 is 6.41 Å². The molecule has 2 aromatic rings. The molecule has 2 aliphatic rings. The highest BCUT2D eigenvalue weighted by molar-refractivity contribution is 5.46. The number of fused-ring (bicyclic) bond motifs is 1. The van der Waals surface area contributed by atoms with E-state index >= 15 is 0 Å². The maximum Gasteiger partial charge on any atom is 0.207 e. The molecule has 0 aliphatic carbocycles. The van der Waals surface area contributed by atoms with E-state index < -0.39 is 0 Å². The summed E-state index contributed by atoms with van der Waals surface area (Å²) in [5.41, 5.74) is 1.13. The van der Waals surface area contributed by atoms with Crippen molar-refractivity contribution in [2.75, 3.05) is 33.4 Å². The molecule has 0 aromatic heterocycles. The van der Waals surface area contributed by atoms with Crippen LogP contribution in [0.5, 0.6) is 23.0 Å². The Balaban J connectivity index is 0.000000190. The molecular weight excluding hydrogens is 432 g/mol. The molecule has 0 bridgehead atoms. The molecule has 0 saturated carbocycles. The molecule has 188 valence electrons. The van der Waals surface area contributed by atoms with Gasteiger partial charge in [-0.3, -0.25) is 4.79 Å². The van der Waals surface area contributed by atoms with Gasteiger partial charge in [0.05, 0.1) is 6.61 Å². The van der Waals surface area contributed by atoms with Crippen molar-refractivity contribution in [3.63, 3.8) is 0 Å². The van der Waals surface area contributed by atoms with E-state index in [-0.39, 0.29) is 5.75 Å². The van der Waals surface area contributed by atoms with Gasteiger partial charge >= 0.3 is 0 Å². The van der Waals surface area contributed by atoms with E-state index in [0.29, 0.717) is 26.2 Å². The maximum absolute atomic E-state index is 10.1. The fraction of sp³-hybridized carbons (Fsp3) is 0.519. The molecule has 1 fully saturated rings. The molecule has 7 nitrogen and oxygen atoms in total. The van der Waals surface area contributed by atoms with Gasteiger partial charge < -0.3 is 29.5 Å². The van der Waals surface area contributed by atoms with Crippen LogP contribution >= 0.6 is 0 Å². The largest absolute Gasteiger partial charge is 0.508 e. The molecule has 2 N–H and O–H groups in total. The number of phenols is 1. The van der Waals surface area contributed by atoms with Crippen LogP contribution in [0, 0.1) is 0 Å². The van der Waals surface area contributed by atoms with Gasteiger partial charge in [0.15, 0.2) is 11.5 Å². The van der Waals surface area contributed by atoms with Crippen molar-refractivity contribution in [1.29, 1.82) is 0 Å². The average molecular weight is 473 g/mol. The van der Waals surface area contributed by atoms with E-state index in [2.05, 4.69) is 38.0 Å². The second-order valence-corrected chi connectivity index (χ2v) is 8.58. The number of hydrogen-bond donors (Lipinski definition) is 2.